The van der Waals surface area contributed by atoms with Gasteiger partial charge in [-0.25, -0.2) is 0 Å². The first-order valence-electron chi connectivity index (χ1n) is 5.69. The molecule has 21 heavy (non-hydrogen) atoms. The predicted octanol–water partition coefficient (Wildman–Crippen LogP) is 3.69. The number of nitrogens with zero attached hydrogens (tertiary/aromatic N) is 1. The molecule has 0 aromatic heterocycles. The predicted molar refractivity (Wildman–Crippen MR) is 89.6 cm³/mol. The van der Waals surface area contributed by atoms with Crippen molar-refractivity contribution in [3.63, 3.8) is 0 Å². The van der Waals surface area contributed by atoms with Crippen LogP contribution >= 0.6 is 34.2 Å². The summed E-state index contributed by atoms with van der Waals surface area (Å²) in [5.41, 5.74) is 5.95. The molecule has 2 rings (SSSR count). The summed E-state index contributed by atoms with van der Waals surface area (Å²) in [5, 5.41) is 13.4. The summed E-state index contributed by atoms with van der Waals surface area (Å²) in [5.74, 6) is -0.556. The number of benzene rings is 2. The Hall–Kier alpha value is -1.87. The number of hydrogen-bond acceptors (Lipinski definition) is 4. The van der Waals surface area contributed by atoms with Gasteiger partial charge in [-0.2, -0.15) is 0 Å². The molecule has 0 bridgehead atoms. The summed E-state index contributed by atoms with van der Waals surface area (Å²) in [6.45, 7) is 0. The van der Waals surface area contributed by atoms with E-state index in [0.29, 0.717) is 5.69 Å². The Morgan fingerprint density at radius 1 is 1.29 bits per heavy atom. The molecule has 0 spiro atoms. The van der Waals surface area contributed by atoms with Crippen molar-refractivity contribution < 1.29 is 9.72 Å². The monoisotopic (exact) mass is 417 g/mol. The van der Waals surface area contributed by atoms with Crippen molar-refractivity contribution in [1.82, 2.24) is 0 Å². The molecule has 0 saturated heterocycles. The van der Waals surface area contributed by atoms with Crippen LogP contribution in [0.5, 0.6) is 0 Å². The van der Waals surface area contributed by atoms with Gasteiger partial charge in [0.2, 0.25) is 0 Å². The van der Waals surface area contributed by atoms with E-state index in [-0.39, 0.29) is 22.0 Å². The second kappa shape index (κ2) is 6.27. The van der Waals surface area contributed by atoms with E-state index in [1.165, 1.54) is 0 Å². The van der Waals surface area contributed by atoms with Crippen molar-refractivity contribution in [3.05, 3.63) is 60.7 Å². The first-order valence-corrected chi connectivity index (χ1v) is 7.14. The minimum atomic E-state index is -0.632. The smallest absolute Gasteiger partial charge is 0.271 e. The first-order chi connectivity index (χ1) is 9.88. The van der Waals surface area contributed by atoms with Gasteiger partial charge in [0.25, 0.3) is 11.6 Å². The van der Waals surface area contributed by atoms with Gasteiger partial charge in [0.05, 0.1) is 21.2 Å². The molecule has 2 aromatic rings. The van der Waals surface area contributed by atoms with E-state index in [0.717, 1.165) is 15.7 Å². The third-order valence-corrected chi connectivity index (χ3v) is 3.70. The lowest BCUT2D eigenvalue weighted by Gasteiger charge is -2.09. The summed E-state index contributed by atoms with van der Waals surface area (Å²) < 4.78 is 1.02. The molecule has 2 aromatic carbocycles. The van der Waals surface area contributed by atoms with Crippen LogP contribution in [0.4, 0.5) is 17.1 Å². The topological polar surface area (TPSA) is 98.3 Å². The van der Waals surface area contributed by atoms with Crippen LogP contribution in [-0.4, -0.2) is 10.8 Å². The fourth-order valence-corrected chi connectivity index (χ4v) is 2.20. The minimum Gasteiger partial charge on any atom is -0.397 e. The Morgan fingerprint density at radius 2 is 1.90 bits per heavy atom. The number of nitro groups is 1. The highest BCUT2D eigenvalue weighted by Gasteiger charge is 2.18. The maximum Gasteiger partial charge on any atom is 0.271 e. The number of nitrogens with two attached hydrogens (primary N) is 1. The second-order valence-corrected chi connectivity index (χ2v) is 5.76. The van der Waals surface area contributed by atoms with Gasteiger partial charge in [-0.15, -0.1) is 0 Å². The molecule has 0 aliphatic carbocycles. The molecule has 0 fully saturated rings. The number of non-ortho nitro benzene ring substituents is 1. The zero-order chi connectivity index (χ0) is 15.6. The molecule has 0 heterocycles. The average molecular weight is 418 g/mol. The zero-order valence-corrected chi connectivity index (χ0v) is 13.4. The number of carbonyl (C=O) groups excluding carboxylic acids is 1. The van der Waals surface area contributed by atoms with Crippen molar-refractivity contribution in [2.75, 3.05) is 11.1 Å². The number of amides is 1. The Balaban J connectivity index is 2.34. The number of rotatable bonds is 3. The van der Waals surface area contributed by atoms with E-state index >= 15 is 0 Å². The first kappa shape index (κ1) is 15.5. The summed E-state index contributed by atoms with van der Waals surface area (Å²) in [6.07, 6.45) is 0. The highest BCUT2D eigenvalue weighted by molar-refractivity contribution is 14.1. The highest BCUT2D eigenvalue weighted by atomic mass is 127. The van der Waals surface area contributed by atoms with E-state index in [4.69, 9.17) is 17.3 Å². The summed E-state index contributed by atoms with van der Waals surface area (Å²) in [4.78, 5) is 22.3. The maximum atomic E-state index is 12.2. The van der Waals surface area contributed by atoms with Crippen LogP contribution in [0.15, 0.2) is 36.4 Å². The van der Waals surface area contributed by atoms with Gasteiger partial charge in [0.1, 0.15) is 0 Å². The van der Waals surface area contributed by atoms with E-state index < -0.39 is 10.8 Å². The molecule has 3 N–H and O–H groups in total. The molecule has 6 nitrogen and oxygen atoms in total. The van der Waals surface area contributed by atoms with Crippen LogP contribution in [0.2, 0.25) is 5.02 Å². The van der Waals surface area contributed by atoms with Gasteiger partial charge < -0.3 is 11.1 Å². The van der Waals surface area contributed by atoms with Gasteiger partial charge in [-0.05, 0) is 46.9 Å². The standard InChI is InChI=1S/C13H9ClIN3O3/c14-11-6-9(18(20)21)5-10(12(11)16)13(19)17-8-3-1-7(15)2-4-8/h1-6H,16H2,(H,17,19). The van der Waals surface area contributed by atoms with E-state index in [1.807, 2.05) is 12.1 Å². The number of halogens is 2. The third kappa shape index (κ3) is 3.61. The number of nitrogens with one attached hydrogen (secondary N) is 1. The van der Waals surface area contributed by atoms with Gasteiger partial charge >= 0.3 is 0 Å². The summed E-state index contributed by atoms with van der Waals surface area (Å²) >= 11 is 7.96. The van der Waals surface area contributed by atoms with Crippen LogP contribution < -0.4 is 11.1 Å². The molecule has 0 radical (unpaired) electrons. The van der Waals surface area contributed by atoms with Crippen molar-refractivity contribution in [1.29, 1.82) is 0 Å². The zero-order valence-electron chi connectivity index (χ0n) is 10.5. The van der Waals surface area contributed by atoms with Crippen LogP contribution in [-0.2, 0) is 0 Å². The maximum absolute atomic E-state index is 12.2. The molecule has 8 heteroatoms. The SMILES string of the molecule is Nc1c(Cl)cc([N+](=O)[O-])cc1C(=O)Nc1ccc(I)cc1. The van der Waals surface area contributed by atoms with E-state index in [1.54, 1.807) is 12.1 Å². The Morgan fingerprint density at radius 3 is 2.48 bits per heavy atom. The minimum absolute atomic E-state index is 0.00489. The van der Waals surface area contributed by atoms with Gasteiger partial charge in [0.15, 0.2) is 0 Å². The molecule has 0 saturated carbocycles. The van der Waals surface area contributed by atoms with Crippen molar-refractivity contribution in [2.24, 2.45) is 0 Å². The molecule has 0 aliphatic rings. The Kier molecular flexibility index (Phi) is 4.63. The lowest BCUT2D eigenvalue weighted by atomic mass is 10.1. The molecular formula is C13H9ClIN3O3. The quantitative estimate of drug-likeness (QED) is 0.344. The fourth-order valence-electron chi connectivity index (χ4n) is 1.63. The summed E-state index contributed by atoms with van der Waals surface area (Å²) in [7, 11) is 0. The van der Waals surface area contributed by atoms with Crippen LogP contribution in [0, 0.1) is 13.7 Å². The van der Waals surface area contributed by atoms with Crippen molar-refractivity contribution in [2.45, 2.75) is 0 Å². The fraction of sp³-hybridized carbons (Fsp3) is 0. The normalized spacial score (nSPS) is 10.2. The molecule has 108 valence electrons. The lowest BCUT2D eigenvalue weighted by Crippen LogP contribution is -2.14. The van der Waals surface area contributed by atoms with Crippen LogP contribution in [0.25, 0.3) is 0 Å². The van der Waals surface area contributed by atoms with Crippen LogP contribution in [0.3, 0.4) is 0 Å². The second-order valence-electron chi connectivity index (χ2n) is 4.11. The Bertz CT molecular complexity index is 719. The van der Waals surface area contributed by atoms with E-state index in [9.17, 15) is 14.9 Å². The van der Waals surface area contributed by atoms with E-state index in [2.05, 4.69) is 27.9 Å². The molecule has 1 amide bonds. The van der Waals surface area contributed by atoms with Gasteiger partial charge in [-0.3, -0.25) is 14.9 Å². The third-order valence-electron chi connectivity index (χ3n) is 2.67. The lowest BCUT2D eigenvalue weighted by molar-refractivity contribution is -0.384. The van der Waals surface area contributed by atoms with Crippen molar-refractivity contribution in [3.8, 4) is 0 Å². The number of carbonyl (C=O) groups is 1. The number of nitrogen functional groups attached to an aromatic ring is 1. The van der Waals surface area contributed by atoms with Gasteiger partial charge in [0, 0.05) is 21.4 Å². The molecule has 0 unspecified atom stereocenters. The van der Waals surface area contributed by atoms with Crippen molar-refractivity contribution >= 4 is 57.2 Å². The molecule has 0 atom stereocenters. The molecule has 0 aliphatic heterocycles. The number of anilines is 2. The number of nitro benzene ring substituents is 1. The number of hydrogen-bond donors (Lipinski definition) is 2. The highest BCUT2D eigenvalue weighted by Crippen LogP contribution is 2.29. The largest absolute Gasteiger partial charge is 0.397 e. The Labute approximate surface area is 138 Å². The average Bonchev–Trinajstić information content (AvgIpc) is 2.43. The molecular weight excluding hydrogens is 409 g/mol. The summed E-state index contributed by atoms with van der Waals surface area (Å²) in [6, 6.07) is 9.28. The van der Waals surface area contributed by atoms with Gasteiger partial charge in [-0.1, -0.05) is 11.6 Å². The van der Waals surface area contributed by atoms with Crippen LogP contribution in [0.1, 0.15) is 10.4 Å².